The lowest BCUT2D eigenvalue weighted by Gasteiger charge is -2.09. The highest BCUT2D eigenvalue weighted by atomic mass is 32.2. The summed E-state index contributed by atoms with van der Waals surface area (Å²) in [5.41, 5.74) is 0.763. The molecule has 0 aliphatic heterocycles. The molecule has 0 saturated heterocycles. The molecule has 0 fully saturated rings. The van der Waals surface area contributed by atoms with E-state index in [-0.39, 0.29) is 22.1 Å². The molecule has 3 heterocycles. The van der Waals surface area contributed by atoms with Gasteiger partial charge in [0, 0.05) is 12.6 Å². The van der Waals surface area contributed by atoms with Gasteiger partial charge in [0.2, 0.25) is 5.06 Å². The second-order valence-corrected chi connectivity index (χ2v) is 9.32. The van der Waals surface area contributed by atoms with Gasteiger partial charge in [-0.1, -0.05) is 18.7 Å². The van der Waals surface area contributed by atoms with Gasteiger partial charge < -0.3 is 4.74 Å². The van der Waals surface area contributed by atoms with E-state index in [0.717, 1.165) is 11.3 Å². The second kappa shape index (κ2) is 8.38. The maximum Gasteiger partial charge on any atom is 0.311 e. The summed E-state index contributed by atoms with van der Waals surface area (Å²) >= 11 is 3.80. The average molecular weight is 442 g/mol. The number of nitrogens with zero attached hydrogens (tertiary/aromatic N) is 2. The molecule has 0 radical (unpaired) electrons. The molecular formula is C16H15N3O4S4. The Labute approximate surface area is 168 Å². The number of sulfonamides is 1. The zero-order chi connectivity index (χ0) is 19.4. The summed E-state index contributed by atoms with van der Waals surface area (Å²) in [4.78, 5) is 20.6. The number of hydrogen-bond donors (Lipinski definition) is 1. The fourth-order valence-electron chi connectivity index (χ4n) is 2.09. The number of carbonyl (C=O) groups excluding carboxylic acids is 1. The van der Waals surface area contributed by atoms with Gasteiger partial charge in [0.15, 0.2) is 5.16 Å². The molecule has 0 saturated carbocycles. The molecule has 3 aromatic rings. The third-order valence-electron chi connectivity index (χ3n) is 3.34. The van der Waals surface area contributed by atoms with Crippen LogP contribution in [0.5, 0.6) is 5.06 Å². The zero-order valence-corrected chi connectivity index (χ0v) is 17.6. The van der Waals surface area contributed by atoms with Crippen LogP contribution < -0.4 is 9.46 Å². The number of thiophene rings is 2. The van der Waals surface area contributed by atoms with Crippen LogP contribution in [0, 0.1) is 0 Å². The zero-order valence-electron chi connectivity index (χ0n) is 14.3. The minimum absolute atomic E-state index is 0.109. The minimum Gasteiger partial charge on any atom is -0.413 e. The van der Waals surface area contributed by atoms with Crippen LogP contribution in [0.25, 0.3) is 10.6 Å². The highest BCUT2D eigenvalue weighted by molar-refractivity contribution is 7.98. The first-order valence-electron chi connectivity index (χ1n) is 7.70. The van der Waals surface area contributed by atoms with Gasteiger partial charge in [0.1, 0.15) is 10.6 Å². The molecule has 0 aliphatic carbocycles. The average Bonchev–Trinajstić information content (AvgIpc) is 3.31. The van der Waals surface area contributed by atoms with Crippen LogP contribution in [0.3, 0.4) is 0 Å². The summed E-state index contributed by atoms with van der Waals surface area (Å²) < 4.78 is 33.5. The Morgan fingerprint density at radius 1 is 1.26 bits per heavy atom. The third-order valence-corrected chi connectivity index (χ3v) is 7.16. The Balaban J connectivity index is 1.93. The number of anilines is 1. The monoisotopic (exact) mass is 441 g/mol. The Bertz CT molecular complexity index is 1060. The van der Waals surface area contributed by atoms with Crippen LogP contribution in [0.2, 0.25) is 0 Å². The largest absolute Gasteiger partial charge is 0.413 e. The Hall–Kier alpha value is -1.95. The normalized spacial score (nSPS) is 11.3. The molecule has 0 aliphatic rings. The number of hydrogen-bond acceptors (Lipinski definition) is 9. The van der Waals surface area contributed by atoms with Gasteiger partial charge in [0.05, 0.1) is 10.6 Å². The van der Waals surface area contributed by atoms with E-state index in [2.05, 4.69) is 14.7 Å². The van der Waals surface area contributed by atoms with E-state index in [4.69, 9.17) is 4.74 Å². The van der Waals surface area contributed by atoms with E-state index in [1.165, 1.54) is 29.2 Å². The lowest BCUT2D eigenvalue weighted by Crippen LogP contribution is -2.14. The van der Waals surface area contributed by atoms with E-state index < -0.39 is 16.0 Å². The van der Waals surface area contributed by atoms with E-state index in [1.807, 2.05) is 6.26 Å². The second-order valence-electron chi connectivity index (χ2n) is 5.10. The Morgan fingerprint density at radius 3 is 2.78 bits per heavy atom. The molecular weight excluding hydrogens is 426 g/mol. The van der Waals surface area contributed by atoms with E-state index in [0.29, 0.717) is 15.7 Å². The van der Waals surface area contributed by atoms with Crippen molar-refractivity contribution in [3.63, 3.8) is 0 Å². The molecule has 0 aromatic carbocycles. The third kappa shape index (κ3) is 4.49. The van der Waals surface area contributed by atoms with Crippen LogP contribution in [-0.2, 0) is 14.8 Å². The fourth-order valence-corrected chi connectivity index (χ4v) is 5.70. The van der Waals surface area contributed by atoms with Gasteiger partial charge in [-0.15, -0.1) is 22.7 Å². The van der Waals surface area contributed by atoms with Gasteiger partial charge in [-0.05, 0) is 35.2 Å². The lowest BCUT2D eigenvalue weighted by atomic mass is 10.3. The van der Waals surface area contributed by atoms with Gasteiger partial charge in [0.25, 0.3) is 10.0 Å². The molecule has 7 nitrogen and oxygen atoms in total. The van der Waals surface area contributed by atoms with Crippen molar-refractivity contribution in [2.45, 2.75) is 23.4 Å². The smallest absolute Gasteiger partial charge is 0.311 e. The van der Waals surface area contributed by atoms with Crippen molar-refractivity contribution < 1.29 is 17.9 Å². The molecule has 0 bridgehead atoms. The molecule has 3 aromatic heterocycles. The van der Waals surface area contributed by atoms with Crippen molar-refractivity contribution in [3.8, 4) is 15.6 Å². The molecule has 11 heteroatoms. The number of ether oxygens (including phenoxy) is 1. The van der Waals surface area contributed by atoms with Gasteiger partial charge in [-0.3, -0.25) is 9.52 Å². The van der Waals surface area contributed by atoms with Crippen molar-refractivity contribution in [2.75, 3.05) is 11.0 Å². The van der Waals surface area contributed by atoms with E-state index in [9.17, 15) is 13.2 Å². The highest BCUT2D eigenvalue weighted by Crippen LogP contribution is 2.37. The Morgan fingerprint density at radius 2 is 2.04 bits per heavy atom. The quantitative estimate of drug-likeness (QED) is 0.335. The number of esters is 1. The maximum atomic E-state index is 12.9. The number of nitrogens with one attached hydrogen (secondary N) is 1. The predicted octanol–water partition coefficient (Wildman–Crippen LogP) is 4.10. The SMILES string of the molecule is CCC(=O)Oc1sccc1NS(=O)(=O)c1ccsc1-c1ccnc(SC)n1. The van der Waals surface area contributed by atoms with Crippen LogP contribution in [0.1, 0.15) is 13.3 Å². The van der Waals surface area contributed by atoms with Crippen molar-refractivity contribution in [1.29, 1.82) is 0 Å². The maximum absolute atomic E-state index is 12.9. The van der Waals surface area contributed by atoms with Gasteiger partial charge in [-0.2, -0.15) is 0 Å². The highest BCUT2D eigenvalue weighted by Gasteiger charge is 2.24. The van der Waals surface area contributed by atoms with E-state index >= 15 is 0 Å². The molecule has 1 N–H and O–H groups in total. The molecule has 142 valence electrons. The standard InChI is InChI=1S/C16H15N3O4S4/c1-3-13(20)23-15-11(5-8-26-15)19-27(21,22)12-6-9-25-14(12)10-4-7-17-16(18-10)24-2/h4-9,19H,3H2,1-2H3. The number of rotatable bonds is 7. The van der Waals surface area contributed by atoms with Crippen LogP contribution in [0.15, 0.2) is 45.2 Å². The van der Waals surface area contributed by atoms with Crippen LogP contribution in [-0.4, -0.2) is 30.6 Å². The summed E-state index contributed by atoms with van der Waals surface area (Å²) in [6, 6.07) is 4.75. The number of carbonyl (C=O) groups is 1. The van der Waals surface area contributed by atoms with Crippen molar-refractivity contribution in [2.24, 2.45) is 0 Å². The fraction of sp³-hybridized carbons (Fsp3) is 0.188. The summed E-state index contributed by atoms with van der Waals surface area (Å²) in [6.07, 6.45) is 3.64. The molecule has 27 heavy (non-hydrogen) atoms. The minimum atomic E-state index is -3.89. The van der Waals surface area contributed by atoms with Crippen molar-refractivity contribution in [3.05, 3.63) is 35.2 Å². The van der Waals surface area contributed by atoms with Gasteiger partial charge in [-0.25, -0.2) is 18.4 Å². The van der Waals surface area contributed by atoms with Crippen molar-refractivity contribution in [1.82, 2.24) is 9.97 Å². The summed E-state index contributed by atoms with van der Waals surface area (Å²) in [5.74, 6) is -0.431. The first-order chi connectivity index (χ1) is 12.9. The summed E-state index contributed by atoms with van der Waals surface area (Å²) in [7, 11) is -3.89. The first kappa shape index (κ1) is 19.8. The summed E-state index contributed by atoms with van der Waals surface area (Å²) in [6.45, 7) is 1.67. The topological polar surface area (TPSA) is 98.2 Å². The van der Waals surface area contributed by atoms with Gasteiger partial charge >= 0.3 is 5.97 Å². The van der Waals surface area contributed by atoms with E-state index in [1.54, 1.807) is 36.0 Å². The Kier molecular flexibility index (Phi) is 6.15. The predicted molar refractivity (Wildman–Crippen MR) is 108 cm³/mol. The molecule has 0 unspecified atom stereocenters. The molecule has 0 spiro atoms. The first-order valence-corrected chi connectivity index (χ1v) is 12.2. The lowest BCUT2D eigenvalue weighted by molar-refractivity contribution is -0.133. The molecule has 0 amide bonds. The summed E-state index contributed by atoms with van der Waals surface area (Å²) in [5, 5.41) is 4.12. The van der Waals surface area contributed by atoms with Crippen molar-refractivity contribution >= 4 is 56.1 Å². The van der Waals surface area contributed by atoms with Crippen LogP contribution in [0.4, 0.5) is 5.69 Å². The van der Waals surface area contributed by atoms with Crippen LogP contribution >= 0.6 is 34.4 Å². The number of aromatic nitrogens is 2. The number of thioether (sulfide) groups is 1. The molecule has 3 rings (SSSR count). The molecule has 0 atom stereocenters.